The number of aryl methyl sites for hydroxylation is 1. The third-order valence-electron chi connectivity index (χ3n) is 2.13. The highest BCUT2D eigenvalue weighted by atomic mass is 16.4. The Morgan fingerprint density at radius 2 is 1.87 bits per heavy atom. The summed E-state index contributed by atoms with van der Waals surface area (Å²) in [5.74, 6) is 0.980. The van der Waals surface area contributed by atoms with Crippen molar-refractivity contribution in [3.63, 3.8) is 0 Å². The third kappa shape index (κ3) is 2.05. The molecule has 15 heavy (non-hydrogen) atoms. The average molecular weight is 203 g/mol. The zero-order valence-corrected chi connectivity index (χ0v) is 8.77. The monoisotopic (exact) mass is 203 g/mol. The van der Waals surface area contributed by atoms with Crippen molar-refractivity contribution in [2.75, 3.05) is 0 Å². The van der Waals surface area contributed by atoms with Crippen LogP contribution in [-0.2, 0) is 0 Å². The Labute approximate surface area is 88.1 Å². The van der Waals surface area contributed by atoms with Crippen molar-refractivity contribution in [3.8, 4) is 11.5 Å². The van der Waals surface area contributed by atoms with Gasteiger partial charge in [-0.15, -0.1) is 10.2 Å². The molecule has 2 N–H and O–H groups in total. The molecule has 0 saturated carbocycles. The van der Waals surface area contributed by atoms with Gasteiger partial charge < -0.3 is 10.2 Å². The number of aromatic nitrogens is 2. The van der Waals surface area contributed by atoms with Gasteiger partial charge in [-0.25, -0.2) is 0 Å². The smallest absolute Gasteiger partial charge is 0.247 e. The van der Waals surface area contributed by atoms with Gasteiger partial charge in [0.2, 0.25) is 11.8 Å². The lowest BCUT2D eigenvalue weighted by atomic mass is 10.1. The van der Waals surface area contributed by atoms with Crippen LogP contribution in [0.2, 0.25) is 0 Å². The molecule has 2 aromatic rings. The number of hydrogen-bond acceptors (Lipinski definition) is 4. The van der Waals surface area contributed by atoms with Crippen LogP contribution in [0.3, 0.4) is 0 Å². The number of nitrogens with zero attached hydrogens (tertiary/aromatic N) is 2. The molecule has 0 radical (unpaired) electrons. The first-order chi connectivity index (χ1) is 7.16. The Morgan fingerprint density at radius 1 is 1.20 bits per heavy atom. The summed E-state index contributed by atoms with van der Waals surface area (Å²) >= 11 is 0. The van der Waals surface area contributed by atoms with Crippen LogP contribution >= 0.6 is 0 Å². The lowest BCUT2D eigenvalue weighted by Gasteiger charge is -1.96. The van der Waals surface area contributed by atoms with Gasteiger partial charge >= 0.3 is 0 Å². The summed E-state index contributed by atoms with van der Waals surface area (Å²) in [7, 11) is 0. The van der Waals surface area contributed by atoms with E-state index in [2.05, 4.69) is 10.2 Å². The Morgan fingerprint density at radius 3 is 2.40 bits per heavy atom. The number of rotatable bonds is 2. The van der Waals surface area contributed by atoms with Crippen molar-refractivity contribution in [2.45, 2.75) is 19.9 Å². The minimum Gasteiger partial charge on any atom is -0.419 e. The van der Waals surface area contributed by atoms with Crippen molar-refractivity contribution >= 4 is 0 Å². The Balaban J connectivity index is 2.33. The van der Waals surface area contributed by atoms with Gasteiger partial charge in [-0.1, -0.05) is 17.7 Å². The first-order valence-electron chi connectivity index (χ1n) is 4.83. The number of nitrogens with two attached hydrogens (primary N) is 1. The van der Waals surface area contributed by atoms with E-state index in [0.717, 1.165) is 5.56 Å². The van der Waals surface area contributed by atoms with Gasteiger partial charge in [0.15, 0.2) is 0 Å². The second-order valence-corrected chi connectivity index (χ2v) is 3.60. The Kier molecular flexibility index (Phi) is 2.51. The van der Waals surface area contributed by atoms with E-state index in [1.54, 1.807) is 0 Å². The highest BCUT2D eigenvalue weighted by Crippen LogP contribution is 2.19. The van der Waals surface area contributed by atoms with Crippen LogP contribution in [0.25, 0.3) is 11.5 Å². The largest absolute Gasteiger partial charge is 0.419 e. The van der Waals surface area contributed by atoms with Gasteiger partial charge in [0, 0.05) is 5.56 Å². The summed E-state index contributed by atoms with van der Waals surface area (Å²) in [5.41, 5.74) is 7.75. The molecule has 0 aliphatic rings. The fourth-order valence-corrected chi connectivity index (χ4v) is 1.23. The molecule has 0 fully saturated rings. The minimum atomic E-state index is -0.225. The standard InChI is InChI=1S/C11H13N3O/c1-7-3-5-9(6-4-7)11-14-13-10(15-11)8(2)12/h3-6,8H,12H2,1-2H3/t8-/m1/s1. The SMILES string of the molecule is Cc1ccc(-c2nnc([C@@H](C)N)o2)cc1. The molecule has 2 rings (SSSR count). The average Bonchev–Trinajstić information content (AvgIpc) is 2.68. The van der Waals surface area contributed by atoms with Gasteiger partial charge in [0.05, 0.1) is 6.04 Å². The molecule has 4 nitrogen and oxygen atoms in total. The highest BCUT2D eigenvalue weighted by Gasteiger charge is 2.10. The molecule has 0 saturated heterocycles. The lowest BCUT2D eigenvalue weighted by Crippen LogP contribution is -2.04. The second kappa shape index (κ2) is 3.82. The second-order valence-electron chi connectivity index (χ2n) is 3.60. The van der Waals surface area contributed by atoms with Gasteiger partial charge in [0.1, 0.15) is 0 Å². The fraction of sp³-hybridized carbons (Fsp3) is 0.273. The summed E-state index contributed by atoms with van der Waals surface area (Å²) in [4.78, 5) is 0. The maximum absolute atomic E-state index is 5.63. The van der Waals surface area contributed by atoms with Crippen LogP contribution in [0.5, 0.6) is 0 Å². The van der Waals surface area contributed by atoms with Crippen LogP contribution < -0.4 is 5.73 Å². The van der Waals surface area contributed by atoms with Crippen molar-refractivity contribution in [1.29, 1.82) is 0 Å². The number of hydrogen-bond donors (Lipinski definition) is 1. The van der Waals surface area contributed by atoms with E-state index in [4.69, 9.17) is 10.2 Å². The van der Waals surface area contributed by atoms with Crippen molar-refractivity contribution in [3.05, 3.63) is 35.7 Å². The molecule has 0 unspecified atom stereocenters. The van der Waals surface area contributed by atoms with Crippen LogP contribution in [0.1, 0.15) is 24.4 Å². The summed E-state index contributed by atoms with van der Waals surface area (Å²) < 4.78 is 5.42. The summed E-state index contributed by atoms with van der Waals surface area (Å²) in [6.07, 6.45) is 0. The molecular weight excluding hydrogens is 190 g/mol. The lowest BCUT2D eigenvalue weighted by molar-refractivity contribution is 0.473. The maximum atomic E-state index is 5.63. The molecule has 0 bridgehead atoms. The molecule has 1 aromatic heterocycles. The Bertz CT molecular complexity index is 445. The van der Waals surface area contributed by atoms with Crippen LogP contribution in [0.4, 0.5) is 0 Å². The normalized spacial score (nSPS) is 12.7. The molecular formula is C11H13N3O. The molecule has 0 spiro atoms. The van der Waals surface area contributed by atoms with Crippen LogP contribution in [0.15, 0.2) is 28.7 Å². The van der Waals surface area contributed by atoms with E-state index < -0.39 is 0 Å². The summed E-state index contributed by atoms with van der Waals surface area (Å²) in [6, 6.07) is 7.69. The zero-order valence-electron chi connectivity index (χ0n) is 8.77. The van der Waals surface area contributed by atoms with Crippen LogP contribution in [-0.4, -0.2) is 10.2 Å². The predicted octanol–water partition coefficient (Wildman–Crippen LogP) is 2.06. The zero-order chi connectivity index (χ0) is 10.8. The van der Waals surface area contributed by atoms with Crippen molar-refractivity contribution in [2.24, 2.45) is 5.73 Å². The molecule has 1 atom stereocenters. The molecule has 1 aromatic carbocycles. The topological polar surface area (TPSA) is 64.9 Å². The molecule has 0 aliphatic heterocycles. The van der Waals surface area contributed by atoms with Gasteiger partial charge in [-0.3, -0.25) is 0 Å². The van der Waals surface area contributed by atoms with Crippen molar-refractivity contribution in [1.82, 2.24) is 10.2 Å². The van der Waals surface area contributed by atoms with E-state index in [9.17, 15) is 0 Å². The van der Waals surface area contributed by atoms with Gasteiger partial charge in [-0.2, -0.15) is 0 Å². The predicted molar refractivity (Wildman–Crippen MR) is 57.1 cm³/mol. The molecule has 4 heteroatoms. The molecule has 1 heterocycles. The van der Waals surface area contributed by atoms with E-state index in [0.29, 0.717) is 11.8 Å². The maximum Gasteiger partial charge on any atom is 0.247 e. The fourth-order valence-electron chi connectivity index (χ4n) is 1.23. The van der Waals surface area contributed by atoms with E-state index in [1.807, 2.05) is 38.1 Å². The van der Waals surface area contributed by atoms with Gasteiger partial charge in [0.25, 0.3) is 0 Å². The number of benzene rings is 1. The first-order valence-corrected chi connectivity index (χ1v) is 4.83. The van der Waals surface area contributed by atoms with Crippen molar-refractivity contribution < 1.29 is 4.42 Å². The highest BCUT2D eigenvalue weighted by molar-refractivity contribution is 5.52. The Hall–Kier alpha value is -1.68. The summed E-state index contributed by atoms with van der Waals surface area (Å²) in [6.45, 7) is 3.84. The molecule has 78 valence electrons. The van der Waals surface area contributed by atoms with Gasteiger partial charge in [-0.05, 0) is 26.0 Å². The molecule has 0 amide bonds. The third-order valence-corrected chi connectivity index (χ3v) is 2.13. The first kappa shape index (κ1) is 9.86. The van der Waals surface area contributed by atoms with E-state index >= 15 is 0 Å². The van der Waals surface area contributed by atoms with E-state index in [1.165, 1.54) is 5.56 Å². The minimum absolute atomic E-state index is 0.225. The molecule has 0 aliphatic carbocycles. The summed E-state index contributed by atoms with van der Waals surface area (Å²) in [5, 5.41) is 7.81. The quantitative estimate of drug-likeness (QED) is 0.811. The van der Waals surface area contributed by atoms with E-state index in [-0.39, 0.29) is 6.04 Å². The van der Waals surface area contributed by atoms with Crippen LogP contribution in [0, 0.1) is 6.92 Å².